The fraction of sp³-hybridized carbons (Fsp3) is 0.208. The number of nitrogens with one attached hydrogen (secondary N) is 1. The van der Waals surface area contributed by atoms with Crippen molar-refractivity contribution in [3.8, 4) is 0 Å². The first kappa shape index (κ1) is 21.7. The Hall–Kier alpha value is -2.96. The standard InChI is InChI=1S/C24H25NO4S/c1-16-10-13-21(18(3)14-16)23(19-8-6-5-7-9-19)25-30(27,28)20-12-11-17(2)22(15-20)24(26)29-4/h5-15,23,25H,1-4H3/t23-/m0/s1. The number of rotatable bonds is 6. The fourth-order valence-electron chi connectivity index (χ4n) is 3.43. The summed E-state index contributed by atoms with van der Waals surface area (Å²) in [5.41, 5.74) is 4.67. The third-order valence-electron chi connectivity index (χ3n) is 5.07. The van der Waals surface area contributed by atoms with Gasteiger partial charge in [-0.2, -0.15) is 4.72 Å². The summed E-state index contributed by atoms with van der Waals surface area (Å²) in [5.74, 6) is -0.571. The van der Waals surface area contributed by atoms with E-state index in [4.69, 9.17) is 4.74 Å². The van der Waals surface area contributed by atoms with Crippen LogP contribution in [0.3, 0.4) is 0 Å². The molecule has 3 aromatic rings. The van der Waals surface area contributed by atoms with E-state index in [1.807, 2.05) is 62.4 Å². The zero-order valence-corrected chi connectivity index (χ0v) is 18.3. The number of sulfonamides is 1. The third kappa shape index (κ3) is 4.61. The summed E-state index contributed by atoms with van der Waals surface area (Å²) < 4.78 is 34.2. The number of aryl methyl sites for hydroxylation is 3. The van der Waals surface area contributed by atoms with Gasteiger partial charge < -0.3 is 4.74 Å². The Balaban J connectivity index is 2.07. The van der Waals surface area contributed by atoms with E-state index in [1.165, 1.54) is 19.2 Å². The average molecular weight is 424 g/mol. The molecule has 0 saturated heterocycles. The SMILES string of the molecule is COC(=O)c1cc(S(=O)(=O)N[C@@H](c2ccccc2)c2ccc(C)cc2C)ccc1C. The van der Waals surface area contributed by atoms with Gasteiger partial charge in [-0.1, -0.05) is 60.2 Å². The monoisotopic (exact) mass is 423 g/mol. The minimum absolute atomic E-state index is 0.0131. The van der Waals surface area contributed by atoms with Crippen molar-refractivity contribution in [2.45, 2.75) is 31.7 Å². The van der Waals surface area contributed by atoms with Crippen LogP contribution in [0, 0.1) is 20.8 Å². The van der Waals surface area contributed by atoms with E-state index in [2.05, 4.69) is 4.72 Å². The molecule has 0 fully saturated rings. The summed E-state index contributed by atoms with van der Waals surface area (Å²) in [7, 11) is -2.65. The quantitative estimate of drug-likeness (QED) is 0.594. The van der Waals surface area contributed by atoms with Crippen molar-refractivity contribution < 1.29 is 17.9 Å². The Kier molecular flexibility index (Phi) is 6.39. The molecule has 0 unspecified atom stereocenters. The molecular weight excluding hydrogens is 398 g/mol. The Morgan fingerprint density at radius 3 is 2.23 bits per heavy atom. The average Bonchev–Trinajstić information content (AvgIpc) is 2.72. The molecule has 6 heteroatoms. The molecule has 0 amide bonds. The van der Waals surface area contributed by atoms with Gasteiger partial charge in [0, 0.05) is 0 Å². The molecule has 5 nitrogen and oxygen atoms in total. The normalized spacial score (nSPS) is 12.4. The van der Waals surface area contributed by atoms with Gasteiger partial charge in [-0.3, -0.25) is 0 Å². The van der Waals surface area contributed by atoms with Crippen LogP contribution < -0.4 is 4.72 Å². The van der Waals surface area contributed by atoms with Crippen LogP contribution in [0.4, 0.5) is 0 Å². The lowest BCUT2D eigenvalue weighted by molar-refractivity contribution is 0.0599. The maximum Gasteiger partial charge on any atom is 0.338 e. The van der Waals surface area contributed by atoms with E-state index in [0.29, 0.717) is 5.56 Å². The van der Waals surface area contributed by atoms with Gasteiger partial charge in [-0.15, -0.1) is 0 Å². The van der Waals surface area contributed by atoms with Crippen molar-refractivity contribution in [2.24, 2.45) is 0 Å². The molecule has 156 valence electrons. The fourth-order valence-corrected chi connectivity index (χ4v) is 4.66. The van der Waals surface area contributed by atoms with E-state index in [9.17, 15) is 13.2 Å². The number of carbonyl (C=O) groups is 1. The van der Waals surface area contributed by atoms with E-state index in [1.54, 1.807) is 13.0 Å². The summed E-state index contributed by atoms with van der Waals surface area (Å²) in [6.07, 6.45) is 0. The number of benzene rings is 3. The van der Waals surface area contributed by atoms with Crippen molar-refractivity contribution in [3.63, 3.8) is 0 Å². The lowest BCUT2D eigenvalue weighted by Crippen LogP contribution is -2.30. The van der Waals surface area contributed by atoms with Crippen LogP contribution in [0.5, 0.6) is 0 Å². The minimum atomic E-state index is -3.92. The number of ether oxygens (including phenoxy) is 1. The zero-order valence-electron chi connectivity index (χ0n) is 17.5. The Morgan fingerprint density at radius 1 is 0.900 bits per heavy atom. The predicted octanol–water partition coefficient (Wildman–Crippen LogP) is 4.47. The van der Waals surface area contributed by atoms with Crippen molar-refractivity contribution in [1.82, 2.24) is 4.72 Å². The summed E-state index contributed by atoms with van der Waals surface area (Å²) >= 11 is 0. The molecule has 0 aromatic heterocycles. The molecule has 0 saturated carbocycles. The van der Waals surface area contributed by atoms with Crippen molar-refractivity contribution in [1.29, 1.82) is 0 Å². The second-order valence-corrected chi connectivity index (χ2v) is 9.01. The van der Waals surface area contributed by atoms with Crippen molar-refractivity contribution >= 4 is 16.0 Å². The molecule has 30 heavy (non-hydrogen) atoms. The van der Waals surface area contributed by atoms with Gasteiger partial charge in [-0.25, -0.2) is 13.2 Å². The molecule has 0 aliphatic heterocycles. The van der Waals surface area contributed by atoms with Gasteiger partial charge >= 0.3 is 5.97 Å². The highest BCUT2D eigenvalue weighted by Gasteiger charge is 2.25. The summed E-state index contributed by atoms with van der Waals surface area (Å²) in [6.45, 7) is 5.70. The van der Waals surface area contributed by atoms with E-state index in [0.717, 1.165) is 22.3 Å². The molecule has 0 heterocycles. The first-order valence-electron chi connectivity index (χ1n) is 9.56. The number of hydrogen-bond donors (Lipinski definition) is 1. The van der Waals surface area contributed by atoms with Crippen LogP contribution in [0.25, 0.3) is 0 Å². The summed E-state index contributed by atoms with van der Waals surface area (Å²) in [4.78, 5) is 12.0. The van der Waals surface area contributed by atoms with Crippen LogP contribution in [0.15, 0.2) is 71.6 Å². The van der Waals surface area contributed by atoms with Gasteiger partial charge in [0.2, 0.25) is 10.0 Å². The molecule has 1 atom stereocenters. The molecule has 0 aliphatic carbocycles. The van der Waals surface area contributed by atoms with Gasteiger partial charge in [0.25, 0.3) is 0 Å². The lowest BCUT2D eigenvalue weighted by atomic mass is 9.95. The highest BCUT2D eigenvalue weighted by Crippen LogP contribution is 2.28. The van der Waals surface area contributed by atoms with Crippen molar-refractivity contribution in [2.75, 3.05) is 7.11 Å². The topological polar surface area (TPSA) is 72.5 Å². The number of carbonyl (C=O) groups excluding carboxylic acids is 1. The Bertz CT molecular complexity index is 1170. The van der Waals surface area contributed by atoms with E-state index < -0.39 is 22.0 Å². The predicted molar refractivity (Wildman–Crippen MR) is 117 cm³/mol. The van der Waals surface area contributed by atoms with Gasteiger partial charge in [0.1, 0.15) is 0 Å². The van der Waals surface area contributed by atoms with Gasteiger partial charge in [-0.05, 0) is 55.2 Å². The highest BCUT2D eigenvalue weighted by molar-refractivity contribution is 7.89. The van der Waals surface area contributed by atoms with E-state index >= 15 is 0 Å². The van der Waals surface area contributed by atoms with Crippen LogP contribution in [0.2, 0.25) is 0 Å². The second-order valence-electron chi connectivity index (χ2n) is 7.29. The van der Waals surface area contributed by atoms with Crippen molar-refractivity contribution in [3.05, 3.63) is 100 Å². The molecule has 0 aliphatic rings. The molecule has 0 spiro atoms. The smallest absolute Gasteiger partial charge is 0.338 e. The highest BCUT2D eigenvalue weighted by atomic mass is 32.2. The van der Waals surface area contributed by atoms with Crippen LogP contribution >= 0.6 is 0 Å². The minimum Gasteiger partial charge on any atom is -0.465 e. The van der Waals surface area contributed by atoms with Crippen LogP contribution in [-0.4, -0.2) is 21.5 Å². The zero-order chi connectivity index (χ0) is 21.9. The van der Waals surface area contributed by atoms with Crippen LogP contribution in [0.1, 0.15) is 44.2 Å². The van der Waals surface area contributed by atoms with E-state index in [-0.39, 0.29) is 10.5 Å². The molecular formula is C24H25NO4S. The number of methoxy groups -OCH3 is 1. The molecule has 3 aromatic carbocycles. The Labute approximate surface area is 177 Å². The third-order valence-corrected chi connectivity index (χ3v) is 6.49. The lowest BCUT2D eigenvalue weighted by Gasteiger charge is -2.22. The Morgan fingerprint density at radius 2 is 1.60 bits per heavy atom. The molecule has 0 radical (unpaired) electrons. The summed E-state index contributed by atoms with van der Waals surface area (Å²) in [5, 5.41) is 0. The largest absolute Gasteiger partial charge is 0.465 e. The molecule has 1 N–H and O–H groups in total. The van der Waals surface area contributed by atoms with Crippen LogP contribution in [-0.2, 0) is 14.8 Å². The van der Waals surface area contributed by atoms with Gasteiger partial charge in [0.15, 0.2) is 0 Å². The first-order valence-corrected chi connectivity index (χ1v) is 11.0. The number of esters is 1. The molecule has 0 bridgehead atoms. The first-order chi connectivity index (χ1) is 14.2. The van der Waals surface area contributed by atoms with Gasteiger partial charge in [0.05, 0.1) is 23.6 Å². The second kappa shape index (κ2) is 8.81. The number of hydrogen-bond acceptors (Lipinski definition) is 4. The maximum atomic E-state index is 13.3. The summed E-state index contributed by atoms with van der Waals surface area (Å²) in [6, 6.07) is 19.2. The molecule has 3 rings (SSSR count). The maximum absolute atomic E-state index is 13.3.